The molecule has 0 fully saturated rings. The highest BCUT2D eigenvalue weighted by Gasteiger charge is 2.13. The van der Waals surface area contributed by atoms with Crippen LogP contribution in [0.1, 0.15) is 12.5 Å². The van der Waals surface area contributed by atoms with Crippen LogP contribution in [0.25, 0.3) is 0 Å². The molecule has 1 unspecified atom stereocenters. The number of rotatable bonds is 3. The lowest BCUT2D eigenvalue weighted by Gasteiger charge is -2.08. The van der Waals surface area contributed by atoms with E-state index in [1.54, 1.807) is 25.1 Å². The molecule has 0 radical (unpaired) electrons. The molecular weight excluding hydrogens is 248 g/mol. The monoisotopic (exact) mass is 258 g/mol. The highest BCUT2D eigenvalue weighted by Crippen LogP contribution is 2.24. The van der Waals surface area contributed by atoms with E-state index in [1.807, 2.05) is 0 Å². The van der Waals surface area contributed by atoms with Gasteiger partial charge in [0.2, 0.25) is 0 Å². The normalized spacial score (nSPS) is 12.4. The maximum absolute atomic E-state index is 10.6. The Morgan fingerprint density at radius 3 is 2.79 bits per heavy atom. The van der Waals surface area contributed by atoms with Crippen molar-refractivity contribution in [1.29, 1.82) is 0 Å². The number of phenols is 1. The summed E-state index contributed by atoms with van der Waals surface area (Å²) >= 11 is 3.30. The second-order valence-corrected chi connectivity index (χ2v) is 4.07. The number of benzene rings is 1. The molecular formula is C10H11BrO3. The number of carboxylic acid groups (broad SMARTS) is 1. The standard InChI is InChI=1S/C10H11BrO3/c1-6(10(13)14)4-7-5-8(12)2-3-9(7)11/h2-3,5-6,12H,4H2,1H3,(H,13,14). The van der Waals surface area contributed by atoms with Gasteiger partial charge in [-0.25, -0.2) is 0 Å². The number of carbonyl (C=O) groups is 1. The number of aliphatic carboxylic acids is 1. The van der Waals surface area contributed by atoms with Gasteiger partial charge in [0, 0.05) is 4.47 Å². The van der Waals surface area contributed by atoms with Gasteiger partial charge in [0.1, 0.15) is 5.75 Å². The number of phenolic OH excluding ortho intramolecular Hbond substituents is 1. The summed E-state index contributed by atoms with van der Waals surface area (Å²) in [6, 6.07) is 4.84. The van der Waals surface area contributed by atoms with Gasteiger partial charge in [-0.05, 0) is 30.2 Å². The Bertz CT molecular complexity index is 349. The molecule has 0 amide bonds. The molecule has 0 aliphatic carbocycles. The van der Waals surface area contributed by atoms with E-state index in [-0.39, 0.29) is 5.75 Å². The average molecular weight is 259 g/mol. The van der Waals surface area contributed by atoms with Gasteiger partial charge < -0.3 is 10.2 Å². The molecule has 0 aliphatic rings. The van der Waals surface area contributed by atoms with E-state index in [4.69, 9.17) is 5.11 Å². The fraction of sp³-hybridized carbons (Fsp3) is 0.300. The molecule has 1 atom stereocenters. The van der Waals surface area contributed by atoms with Crippen LogP contribution in [0.4, 0.5) is 0 Å². The average Bonchev–Trinajstić information content (AvgIpc) is 2.11. The fourth-order valence-electron chi connectivity index (χ4n) is 1.13. The molecule has 0 heterocycles. The Morgan fingerprint density at radius 2 is 2.21 bits per heavy atom. The molecule has 0 aromatic heterocycles. The molecule has 1 aromatic carbocycles. The Balaban J connectivity index is 2.85. The van der Waals surface area contributed by atoms with E-state index in [9.17, 15) is 9.90 Å². The van der Waals surface area contributed by atoms with E-state index in [0.717, 1.165) is 10.0 Å². The van der Waals surface area contributed by atoms with Crippen molar-refractivity contribution in [3.63, 3.8) is 0 Å². The summed E-state index contributed by atoms with van der Waals surface area (Å²) in [6.45, 7) is 1.64. The highest BCUT2D eigenvalue weighted by molar-refractivity contribution is 9.10. The van der Waals surface area contributed by atoms with Crippen molar-refractivity contribution in [3.05, 3.63) is 28.2 Å². The molecule has 0 saturated heterocycles. The summed E-state index contributed by atoms with van der Waals surface area (Å²) in [6.07, 6.45) is 0.407. The lowest BCUT2D eigenvalue weighted by Crippen LogP contribution is -2.12. The number of hydrogen-bond donors (Lipinski definition) is 2. The molecule has 1 rings (SSSR count). The van der Waals surface area contributed by atoms with Crippen LogP contribution in [0.5, 0.6) is 5.75 Å². The summed E-state index contributed by atoms with van der Waals surface area (Å²) in [5.41, 5.74) is 0.805. The van der Waals surface area contributed by atoms with E-state index >= 15 is 0 Å². The topological polar surface area (TPSA) is 57.5 Å². The van der Waals surface area contributed by atoms with Crippen molar-refractivity contribution in [2.75, 3.05) is 0 Å². The van der Waals surface area contributed by atoms with Crippen molar-refractivity contribution >= 4 is 21.9 Å². The zero-order valence-corrected chi connectivity index (χ0v) is 9.28. The van der Waals surface area contributed by atoms with Crippen LogP contribution in [0.2, 0.25) is 0 Å². The zero-order chi connectivity index (χ0) is 10.7. The number of hydrogen-bond acceptors (Lipinski definition) is 2. The van der Waals surface area contributed by atoms with Gasteiger partial charge in [-0.2, -0.15) is 0 Å². The van der Waals surface area contributed by atoms with E-state index < -0.39 is 11.9 Å². The largest absolute Gasteiger partial charge is 0.508 e. The third kappa shape index (κ3) is 2.73. The Labute approximate surface area is 90.5 Å². The number of aromatic hydroxyl groups is 1. The molecule has 0 bridgehead atoms. The van der Waals surface area contributed by atoms with Crippen LogP contribution in [-0.2, 0) is 11.2 Å². The van der Waals surface area contributed by atoms with E-state index in [0.29, 0.717) is 6.42 Å². The smallest absolute Gasteiger partial charge is 0.306 e. The zero-order valence-electron chi connectivity index (χ0n) is 7.70. The minimum atomic E-state index is -0.833. The molecule has 14 heavy (non-hydrogen) atoms. The van der Waals surface area contributed by atoms with Gasteiger partial charge in [-0.1, -0.05) is 22.9 Å². The quantitative estimate of drug-likeness (QED) is 0.876. The van der Waals surface area contributed by atoms with Crippen molar-refractivity contribution in [2.45, 2.75) is 13.3 Å². The lowest BCUT2D eigenvalue weighted by molar-refractivity contribution is -0.141. The molecule has 0 saturated carbocycles. The number of halogens is 1. The molecule has 0 aliphatic heterocycles. The Morgan fingerprint density at radius 1 is 1.57 bits per heavy atom. The third-order valence-electron chi connectivity index (χ3n) is 1.98. The minimum Gasteiger partial charge on any atom is -0.508 e. The van der Waals surface area contributed by atoms with Crippen molar-refractivity contribution in [1.82, 2.24) is 0 Å². The molecule has 1 aromatic rings. The summed E-state index contributed by atoms with van der Waals surface area (Å²) < 4.78 is 0.823. The first-order valence-electron chi connectivity index (χ1n) is 4.21. The van der Waals surface area contributed by atoms with Gasteiger partial charge in [0.15, 0.2) is 0 Å². The molecule has 3 nitrogen and oxygen atoms in total. The van der Waals surface area contributed by atoms with Crippen molar-refractivity contribution < 1.29 is 15.0 Å². The van der Waals surface area contributed by atoms with Gasteiger partial charge in [-0.3, -0.25) is 4.79 Å². The first-order valence-corrected chi connectivity index (χ1v) is 5.00. The van der Waals surface area contributed by atoms with E-state index in [2.05, 4.69) is 15.9 Å². The Hall–Kier alpha value is -1.03. The van der Waals surface area contributed by atoms with Crippen LogP contribution in [0, 0.1) is 5.92 Å². The Kier molecular flexibility index (Phi) is 3.52. The van der Waals surface area contributed by atoms with Crippen LogP contribution in [0.3, 0.4) is 0 Å². The summed E-state index contributed by atoms with van der Waals surface area (Å²) in [5.74, 6) is -1.13. The van der Waals surface area contributed by atoms with Gasteiger partial charge in [0.05, 0.1) is 5.92 Å². The van der Waals surface area contributed by atoms with Crippen LogP contribution < -0.4 is 0 Å². The maximum Gasteiger partial charge on any atom is 0.306 e. The summed E-state index contributed by atoms with van der Waals surface area (Å²) in [4.78, 5) is 10.6. The van der Waals surface area contributed by atoms with Crippen molar-refractivity contribution in [2.24, 2.45) is 5.92 Å². The summed E-state index contributed by atoms with van der Waals surface area (Å²) in [5, 5.41) is 17.9. The van der Waals surface area contributed by atoms with Crippen LogP contribution in [-0.4, -0.2) is 16.2 Å². The molecule has 4 heteroatoms. The summed E-state index contributed by atoms with van der Waals surface area (Å²) in [7, 11) is 0. The molecule has 0 spiro atoms. The molecule has 2 N–H and O–H groups in total. The van der Waals surface area contributed by atoms with Gasteiger partial charge in [0.25, 0.3) is 0 Å². The lowest BCUT2D eigenvalue weighted by atomic mass is 10.0. The third-order valence-corrected chi connectivity index (χ3v) is 2.75. The van der Waals surface area contributed by atoms with Gasteiger partial charge in [-0.15, -0.1) is 0 Å². The minimum absolute atomic E-state index is 0.154. The first-order chi connectivity index (χ1) is 6.50. The molecule has 76 valence electrons. The van der Waals surface area contributed by atoms with E-state index in [1.165, 1.54) is 0 Å². The highest BCUT2D eigenvalue weighted by atomic mass is 79.9. The van der Waals surface area contributed by atoms with Crippen LogP contribution >= 0.6 is 15.9 Å². The number of carboxylic acids is 1. The van der Waals surface area contributed by atoms with Crippen LogP contribution in [0.15, 0.2) is 22.7 Å². The van der Waals surface area contributed by atoms with Gasteiger partial charge >= 0.3 is 5.97 Å². The predicted octanol–water partition coefficient (Wildman–Crippen LogP) is 2.42. The second kappa shape index (κ2) is 4.46. The SMILES string of the molecule is CC(Cc1cc(O)ccc1Br)C(=O)O. The second-order valence-electron chi connectivity index (χ2n) is 3.22. The fourth-order valence-corrected chi connectivity index (χ4v) is 1.54. The predicted molar refractivity (Wildman–Crippen MR) is 56.3 cm³/mol. The first kappa shape index (κ1) is 11.0. The maximum atomic E-state index is 10.6. The van der Waals surface area contributed by atoms with Crippen molar-refractivity contribution in [3.8, 4) is 5.75 Å².